The Morgan fingerprint density at radius 2 is 2.10 bits per heavy atom. The van der Waals surface area contributed by atoms with Gasteiger partial charge < -0.3 is 4.90 Å². The van der Waals surface area contributed by atoms with Gasteiger partial charge in [-0.15, -0.1) is 0 Å². The molecule has 0 radical (unpaired) electrons. The van der Waals surface area contributed by atoms with Crippen LogP contribution in [0.3, 0.4) is 0 Å². The van der Waals surface area contributed by atoms with Crippen LogP contribution >= 0.6 is 0 Å². The van der Waals surface area contributed by atoms with E-state index < -0.39 is 0 Å². The summed E-state index contributed by atoms with van der Waals surface area (Å²) >= 11 is 0. The molecule has 20 heavy (non-hydrogen) atoms. The number of carbonyl (C=O) groups is 1. The first-order valence-electron chi connectivity index (χ1n) is 7.69. The Labute approximate surface area is 121 Å². The molecule has 1 aromatic carbocycles. The molecule has 1 fully saturated rings. The summed E-state index contributed by atoms with van der Waals surface area (Å²) in [7, 11) is 0. The van der Waals surface area contributed by atoms with Crippen molar-refractivity contribution >= 4 is 5.91 Å². The minimum Gasteiger partial charge on any atom is -0.333 e. The van der Waals surface area contributed by atoms with Crippen molar-refractivity contribution in [1.29, 1.82) is 0 Å². The number of rotatable bonds is 3. The first kappa shape index (κ1) is 13.4. The summed E-state index contributed by atoms with van der Waals surface area (Å²) in [6.45, 7) is 4.26. The number of nitrogens with zero attached hydrogens (tertiary/aromatic N) is 1. The van der Waals surface area contributed by atoms with Crippen LogP contribution in [0.25, 0.3) is 0 Å². The molecule has 2 nitrogen and oxygen atoms in total. The lowest BCUT2D eigenvalue weighted by molar-refractivity contribution is -0.133. The average Bonchev–Trinajstić information content (AvgIpc) is 2.69. The summed E-state index contributed by atoms with van der Waals surface area (Å²) in [5.74, 6) is 0.333. The highest BCUT2D eigenvalue weighted by molar-refractivity contribution is 5.78. The summed E-state index contributed by atoms with van der Waals surface area (Å²) in [6.07, 6.45) is 9.34. The number of fused-ring (bicyclic) bond motifs is 2. The van der Waals surface area contributed by atoms with Crippen molar-refractivity contribution in [3.63, 3.8) is 0 Å². The van der Waals surface area contributed by atoms with Gasteiger partial charge in [0, 0.05) is 12.5 Å². The van der Waals surface area contributed by atoms with Gasteiger partial charge in [-0.25, -0.2) is 0 Å². The van der Waals surface area contributed by atoms with Crippen LogP contribution in [-0.2, 0) is 11.2 Å². The van der Waals surface area contributed by atoms with E-state index in [2.05, 4.69) is 49.1 Å². The van der Waals surface area contributed by atoms with Crippen LogP contribution in [0.1, 0.15) is 42.4 Å². The van der Waals surface area contributed by atoms with Gasteiger partial charge >= 0.3 is 0 Å². The number of benzene rings is 1. The van der Waals surface area contributed by atoms with Crippen LogP contribution in [0.4, 0.5) is 0 Å². The third-order valence-electron chi connectivity index (χ3n) is 4.80. The number of hydrogen-bond donors (Lipinski definition) is 0. The normalized spacial score (nSPS) is 24.2. The molecule has 2 heterocycles. The minimum atomic E-state index is 0.333. The Bertz CT molecular complexity index is 546. The lowest BCUT2D eigenvalue weighted by Gasteiger charge is -2.31. The SMILES string of the molecule is Cc1ccc(CCC(=O)N2C3C=CCC2CC3)cc1C. The Morgan fingerprint density at radius 3 is 2.85 bits per heavy atom. The van der Waals surface area contributed by atoms with E-state index in [1.165, 1.54) is 23.1 Å². The number of aryl methyl sites for hydroxylation is 3. The Hall–Kier alpha value is -1.57. The van der Waals surface area contributed by atoms with Crippen LogP contribution in [0.2, 0.25) is 0 Å². The average molecular weight is 269 g/mol. The van der Waals surface area contributed by atoms with Crippen molar-refractivity contribution in [3.8, 4) is 0 Å². The fraction of sp³-hybridized carbons (Fsp3) is 0.500. The quantitative estimate of drug-likeness (QED) is 0.768. The highest BCUT2D eigenvalue weighted by atomic mass is 16.2. The topological polar surface area (TPSA) is 20.3 Å². The van der Waals surface area contributed by atoms with Crippen molar-refractivity contribution in [2.75, 3.05) is 0 Å². The van der Waals surface area contributed by atoms with Crippen molar-refractivity contribution in [1.82, 2.24) is 4.90 Å². The smallest absolute Gasteiger partial charge is 0.223 e. The van der Waals surface area contributed by atoms with E-state index in [1.54, 1.807) is 0 Å². The van der Waals surface area contributed by atoms with Gasteiger partial charge in [-0.05, 0) is 56.2 Å². The molecule has 2 heteroatoms. The van der Waals surface area contributed by atoms with E-state index in [9.17, 15) is 4.79 Å². The zero-order valence-electron chi connectivity index (χ0n) is 12.4. The molecule has 1 amide bonds. The number of carbonyl (C=O) groups excluding carboxylic acids is 1. The van der Waals surface area contributed by atoms with Crippen molar-refractivity contribution in [3.05, 3.63) is 47.0 Å². The van der Waals surface area contributed by atoms with Gasteiger partial charge in [-0.3, -0.25) is 4.79 Å². The van der Waals surface area contributed by atoms with Gasteiger partial charge in [0.1, 0.15) is 0 Å². The zero-order valence-corrected chi connectivity index (χ0v) is 12.4. The van der Waals surface area contributed by atoms with Crippen molar-refractivity contribution in [2.45, 2.75) is 58.0 Å². The van der Waals surface area contributed by atoms with E-state index in [0.29, 0.717) is 24.4 Å². The number of hydrogen-bond acceptors (Lipinski definition) is 1. The molecule has 2 aliphatic heterocycles. The lowest BCUT2D eigenvalue weighted by Crippen LogP contribution is -2.42. The maximum atomic E-state index is 12.5. The molecule has 1 aromatic rings. The second-order valence-electron chi connectivity index (χ2n) is 6.18. The van der Waals surface area contributed by atoms with E-state index in [1.807, 2.05) is 0 Å². The monoisotopic (exact) mass is 269 g/mol. The largest absolute Gasteiger partial charge is 0.333 e. The summed E-state index contributed by atoms with van der Waals surface area (Å²) in [6, 6.07) is 7.37. The Kier molecular flexibility index (Phi) is 3.64. The Balaban J connectivity index is 1.62. The van der Waals surface area contributed by atoms with Gasteiger partial charge in [0.2, 0.25) is 5.91 Å². The first-order chi connectivity index (χ1) is 9.65. The molecule has 0 saturated carbocycles. The standard InChI is InChI=1S/C18H23NO/c1-13-6-7-15(12-14(13)2)8-11-18(20)19-16-4-3-5-17(19)10-9-16/h3-4,6-7,12,16-17H,5,8-11H2,1-2H3. The summed E-state index contributed by atoms with van der Waals surface area (Å²) < 4.78 is 0. The second-order valence-corrected chi connectivity index (χ2v) is 6.18. The molecule has 2 aliphatic rings. The van der Waals surface area contributed by atoms with E-state index in [4.69, 9.17) is 0 Å². The molecule has 0 aliphatic carbocycles. The molecule has 106 valence electrons. The fourth-order valence-corrected chi connectivity index (χ4v) is 3.45. The molecule has 2 unspecified atom stereocenters. The Morgan fingerprint density at radius 1 is 1.25 bits per heavy atom. The van der Waals surface area contributed by atoms with E-state index in [-0.39, 0.29) is 0 Å². The summed E-state index contributed by atoms with van der Waals surface area (Å²) in [4.78, 5) is 14.6. The first-order valence-corrected chi connectivity index (χ1v) is 7.69. The van der Waals surface area contributed by atoms with Gasteiger partial charge in [-0.2, -0.15) is 0 Å². The van der Waals surface area contributed by atoms with Gasteiger partial charge in [0.25, 0.3) is 0 Å². The maximum absolute atomic E-state index is 12.5. The molecule has 1 saturated heterocycles. The number of amides is 1. The second kappa shape index (κ2) is 5.43. The highest BCUT2D eigenvalue weighted by Crippen LogP contribution is 2.32. The molecule has 2 atom stereocenters. The minimum absolute atomic E-state index is 0.333. The van der Waals surface area contributed by atoms with Gasteiger partial charge in [-0.1, -0.05) is 30.4 Å². The molecule has 0 spiro atoms. The van der Waals surface area contributed by atoms with Gasteiger partial charge in [0.05, 0.1) is 6.04 Å². The maximum Gasteiger partial charge on any atom is 0.223 e. The van der Waals surface area contributed by atoms with Crippen LogP contribution < -0.4 is 0 Å². The third-order valence-corrected chi connectivity index (χ3v) is 4.80. The van der Waals surface area contributed by atoms with Crippen molar-refractivity contribution < 1.29 is 4.79 Å². The van der Waals surface area contributed by atoms with E-state index >= 15 is 0 Å². The van der Waals surface area contributed by atoms with Crippen molar-refractivity contribution in [2.24, 2.45) is 0 Å². The molecule has 2 bridgehead atoms. The predicted octanol–water partition coefficient (Wildman–Crippen LogP) is 3.56. The molecular formula is C18H23NO. The van der Waals surface area contributed by atoms with E-state index in [0.717, 1.165) is 19.3 Å². The van der Waals surface area contributed by atoms with Crippen LogP contribution in [0.15, 0.2) is 30.4 Å². The summed E-state index contributed by atoms with van der Waals surface area (Å²) in [5.41, 5.74) is 3.91. The fourth-order valence-electron chi connectivity index (χ4n) is 3.45. The van der Waals surface area contributed by atoms with Crippen LogP contribution in [0, 0.1) is 13.8 Å². The highest BCUT2D eigenvalue weighted by Gasteiger charge is 2.36. The molecule has 0 aromatic heterocycles. The predicted molar refractivity (Wildman–Crippen MR) is 81.7 cm³/mol. The molecule has 0 N–H and O–H groups in total. The van der Waals surface area contributed by atoms with Crippen LogP contribution in [0.5, 0.6) is 0 Å². The molecule has 3 rings (SSSR count). The zero-order chi connectivity index (χ0) is 14.1. The lowest BCUT2D eigenvalue weighted by atomic mass is 10.0. The van der Waals surface area contributed by atoms with Crippen LogP contribution in [-0.4, -0.2) is 22.9 Å². The van der Waals surface area contributed by atoms with Gasteiger partial charge in [0.15, 0.2) is 0 Å². The third kappa shape index (κ3) is 2.52. The summed E-state index contributed by atoms with van der Waals surface area (Å²) in [5, 5.41) is 0. The molecular weight excluding hydrogens is 246 g/mol.